The van der Waals surface area contributed by atoms with Gasteiger partial charge in [0, 0.05) is 12.7 Å². The average molecular weight is 354 g/mol. The normalized spacial score (nSPS) is 11.4. The molecule has 25 heavy (non-hydrogen) atoms. The molecule has 0 fully saturated rings. The fourth-order valence-electron chi connectivity index (χ4n) is 2.42. The summed E-state index contributed by atoms with van der Waals surface area (Å²) < 4.78 is 43.2. The molecule has 136 valence electrons. The highest BCUT2D eigenvalue weighted by atomic mass is 19.4. The van der Waals surface area contributed by atoms with E-state index in [1.807, 2.05) is 13.8 Å². The van der Waals surface area contributed by atoms with Crippen LogP contribution in [0.15, 0.2) is 30.5 Å². The topological polar surface area (TPSA) is 54.4 Å². The lowest BCUT2D eigenvalue weighted by Gasteiger charge is -2.14. The van der Waals surface area contributed by atoms with Gasteiger partial charge >= 0.3 is 6.18 Å². The molecule has 4 nitrogen and oxygen atoms in total. The van der Waals surface area contributed by atoms with E-state index < -0.39 is 11.7 Å². The molecular weight excluding hydrogens is 333 g/mol. The number of phenols is 1. The predicted molar refractivity (Wildman–Crippen MR) is 90.1 cm³/mol. The Morgan fingerprint density at radius 1 is 1.24 bits per heavy atom. The molecule has 7 heteroatoms. The number of ether oxygens (including phenoxy) is 1. The van der Waals surface area contributed by atoms with Crippen molar-refractivity contribution in [2.45, 2.75) is 32.9 Å². The lowest BCUT2D eigenvalue weighted by molar-refractivity contribution is -0.137. The van der Waals surface area contributed by atoms with Crippen molar-refractivity contribution in [2.75, 3.05) is 18.5 Å². The van der Waals surface area contributed by atoms with E-state index in [9.17, 15) is 18.3 Å². The van der Waals surface area contributed by atoms with Crippen LogP contribution in [0.3, 0.4) is 0 Å². The molecule has 0 bridgehead atoms. The van der Waals surface area contributed by atoms with Crippen molar-refractivity contribution in [1.29, 1.82) is 0 Å². The highest BCUT2D eigenvalue weighted by Gasteiger charge is 2.30. The number of aryl methyl sites for hydroxylation is 2. The third-order valence-electron chi connectivity index (χ3n) is 3.68. The van der Waals surface area contributed by atoms with E-state index in [0.717, 1.165) is 35.6 Å². The molecule has 0 aliphatic carbocycles. The number of aromatic hydroxyl groups is 1. The Morgan fingerprint density at radius 3 is 2.60 bits per heavy atom. The van der Waals surface area contributed by atoms with Gasteiger partial charge in [-0.1, -0.05) is 6.92 Å². The Labute approximate surface area is 144 Å². The standard InChI is InChI=1S/C18H21F3N2O2/c1-3-13-10-15(24)9-12(2)17(13)25-8-4-7-22-16-6-5-14(11-23-16)18(19,20)21/h5-6,9-11,24H,3-4,7-8H2,1-2H3,(H,22,23). The van der Waals surface area contributed by atoms with Crippen LogP contribution in [0.4, 0.5) is 19.0 Å². The van der Waals surface area contributed by atoms with Crippen molar-refractivity contribution in [1.82, 2.24) is 4.98 Å². The Bertz CT molecular complexity index is 701. The first-order valence-electron chi connectivity index (χ1n) is 8.03. The summed E-state index contributed by atoms with van der Waals surface area (Å²) >= 11 is 0. The predicted octanol–water partition coefficient (Wildman–Crippen LogP) is 4.56. The maximum absolute atomic E-state index is 12.5. The van der Waals surface area contributed by atoms with Crippen LogP contribution >= 0.6 is 0 Å². The van der Waals surface area contributed by atoms with Gasteiger partial charge in [-0.05, 0) is 55.2 Å². The Morgan fingerprint density at radius 2 is 2.00 bits per heavy atom. The van der Waals surface area contributed by atoms with Crippen LogP contribution < -0.4 is 10.1 Å². The highest BCUT2D eigenvalue weighted by molar-refractivity contribution is 5.46. The van der Waals surface area contributed by atoms with E-state index in [1.54, 1.807) is 12.1 Å². The van der Waals surface area contributed by atoms with Gasteiger partial charge in [0.2, 0.25) is 0 Å². The van der Waals surface area contributed by atoms with E-state index in [4.69, 9.17) is 4.74 Å². The number of aromatic nitrogens is 1. The van der Waals surface area contributed by atoms with Gasteiger partial charge in [-0.15, -0.1) is 0 Å². The molecule has 0 saturated heterocycles. The first-order chi connectivity index (χ1) is 11.8. The number of nitrogens with zero attached hydrogens (tertiary/aromatic N) is 1. The highest BCUT2D eigenvalue weighted by Crippen LogP contribution is 2.29. The lowest BCUT2D eigenvalue weighted by Crippen LogP contribution is -2.10. The maximum atomic E-state index is 12.5. The van der Waals surface area contributed by atoms with Crippen LogP contribution in [0.2, 0.25) is 0 Å². The molecule has 2 aromatic rings. The minimum atomic E-state index is -4.38. The summed E-state index contributed by atoms with van der Waals surface area (Å²) in [7, 11) is 0. The van der Waals surface area contributed by atoms with Gasteiger partial charge in [0.25, 0.3) is 0 Å². The monoisotopic (exact) mass is 354 g/mol. The van der Waals surface area contributed by atoms with Gasteiger partial charge in [-0.2, -0.15) is 13.2 Å². The Hall–Kier alpha value is -2.44. The summed E-state index contributed by atoms with van der Waals surface area (Å²) in [6, 6.07) is 5.65. The maximum Gasteiger partial charge on any atom is 0.417 e. The second-order valence-electron chi connectivity index (χ2n) is 5.66. The summed E-state index contributed by atoms with van der Waals surface area (Å²) in [5.41, 5.74) is 1.04. The van der Waals surface area contributed by atoms with Crippen LogP contribution in [-0.2, 0) is 12.6 Å². The van der Waals surface area contributed by atoms with Crippen molar-refractivity contribution in [3.05, 3.63) is 47.2 Å². The zero-order chi connectivity index (χ0) is 18.4. The summed E-state index contributed by atoms with van der Waals surface area (Å²) in [5, 5.41) is 12.6. The van der Waals surface area contributed by atoms with Gasteiger partial charge in [0.1, 0.15) is 17.3 Å². The van der Waals surface area contributed by atoms with Crippen LogP contribution in [-0.4, -0.2) is 23.2 Å². The van der Waals surface area contributed by atoms with E-state index in [1.165, 1.54) is 6.07 Å². The van der Waals surface area contributed by atoms with Crippen LogP contribution in [0.5, 0.6) is 11.5 Å². The average Bonchev–Trinajstić information content (AvgIpc) is 2.55. The second kappa shape index (κ2) is 8.09. The Balaban J connectivity index is 1.81. The molecule has 0 aliphatic rings. The fraction of sp³-hybridized carbons (Fsp3) is 0.389. The number of anilines is 1. The zero-order valence-electron chi connectivity index (χ0n) is 14.2. The van der Waals surface area contributed by atoms with Gasteiger partial charge in [0.05, 0.1) is 12.2 Å². The zero-order valence-corrected chi connectivity index (χ0v) is 14.2. The van der Waals surface area contributed by atoms with Gasteiger partial charge in [-0.25, -0.2) is 4.98 Å². The third kappa shape index (κ3) is 5.27. The molecule has 1 aromatic heterocycles. The number of phenolic OH excluding ortho intramolecular Hbond substituents is 1. The minimum absolute atomic E-state index is 0.219. The van der Waals surface area contributed by atoms with E-state index in [0.29, 0.717) is 25.4 Å². The molecule has 0 atom stereocenters. The first kappa shape index (κ1) is 18.9. The minimum Gasteiger partial charge on any atom is -0.508 e. The number of hydrogen-bond donors (Lipinski definition) is 2. The lowest BCUT2D eigenvalue weighted by atomic mass is 10.1. The van der Waals surface area contributed by atoms with Crippen molar-refractivity contribution >= 4 is 5.82 Å². The second-order valence-corrected chi connectivity index (χ2v) is 5.66. The fourth-order valence-corrected chi connectivity index (χ4v) is 2.42. The Kier molecular flexibility index (Phi) is 6.12. The SMILES string of the molecule is CCc1cc(O)cc(C)c1OCCCNc1ccc(C(F)(F)F)cn1. The number of rotatable bonds is 7. The molecule has 2 N–H and O–H groups in total. The molecule has 0 aliphatic heterocycles. The third-order valence-corrected chi connectivity index (χ3v) is 3.68. The number of nitrogens with one attached hydrogen (secondary N) is 1. The summed E-state index contributed by atoms with van der Waals surface area (Å²) in [5.74, 6) is 1.38. The van der Waals surface area contributed by atoms with Gasteiger partial charge in [0.15, 0.2) is 0 Å². The molecule has 0 saturated carbocycles. The number of hydrogen-bond acceptors (Lipinski definition) is 4. The molecule has 0 amide bonds. The summed E-state index contributed by atoms with van der Waals surface area (Å²) in [6.45, 7) is 4.83. The number of alkyl halides is 3. The first-order valence-corrected chi connectivity index (χ1v) is 8.03. The smallest absolute Gasteiger partial charge is 0.417 e. The summed E-state index contributed by atoms with van der Waals surface area (Å²) in [4.78, 5) is 3.75. The number of halogens is 3. The van der Waals surface area contributed by atoms with Crippen LogP contribution in [0.1, 0.15) is 30.0 Å². The van der Waals surface area contributed by atoms with Gasteiger partial charge in [-0.3, -0.25) is 0 Å². The largest absolute Gasteiger partial charge is 0.508 e. The summed E-state index contributed by atoms with van der Waals surface area (Å²) in [6.07, 6.45) is -2.16. The van der Waals surface area contributed by atoms with Crippen LogP contribution in [0.25, 0.3) is 0 Å². The quantitative estimate of drug-likeness (QED) is 0.716. The molecule has 0 radical (unpaired) electrons. The molecule has 1 aromatic carbocycles. The van der Waals surface area contributed by atoms with E-state index in [-0.39, 0.29) is 5.75 Å². The van der Waals surface area contributed by atoms with Crippen molar-refractivity contribution in [3.8, 4) is 11.5 Å². The van der Waals surface area contributed by atoms with Crippen LogP contribution in [0, 0.1) is 6.92 Å². The molecular formula is C18H21F3N2O2. The van der Waals surface area contributed by atoms with E-state index >= 15 is 0 Å². The van der Waals surface area contributed by atoms with E-state index in [2.05, 4.69) is 10.3 Å². The number of benzene rings is 1. The van der Waals surface area contributed by atoms with Crippen molar-refractivity contribution in [3.63, 3.8) is 0 Å². The molecule has 0 unspecified atom stereocenters. The van der Waals surface area contributed by atoms with Gasteiger partial charge < -0.3 is 15.2 Å². The number of pyridine rings is 1. The van der Waals surface area contributed by atoms with Crippen molar-refractivity contribution in [2.24, 2.45) is 0 Å². The molecule has 0 spiro atoms. The molecule has 2 rings (SSSR count). The molecule has 1 heterocycles. The van der Waals surface area contributed by atoms with Crippen molar-refractivity contribution < 1.29 is 23.0 Å².